The molecular weight excluding hydrogens is 246 g/mol. The maximum Gasteiger partial charge on any atom is 0.329 e. The summed E-state index contributed by atoms with van der Waals surface area (Å²) in [7, 11) is 1.67. The predicted molar refractivity (Wildman–Crippen MR) is 68.6 cm³/mol. The number of rotatable bonds is 1. The van der Waals surface area contributed by atoms with Gasteiger partial charge in [-0.15, -0.1) is 0 Å². The Labute approximate surface area is 108 Å². The first kappa shape index (κ1) is 11.7. The van der Waals surface area contributed by atoms with E-state index >= 15 is 0 Å². The molecule has 0 radical (unpaired) electrons. The number of nitrogens with zero attached hydrogens (tertiary/aromatic N) is 2. The SMILES string of the molecule is Cn1c(=O)n([C@H]2CCC(=O)NC2=O)c2ccccc21. The molecule has 1 aliphatic rings. The highest BCUT2D eigenvalue weighted by Crippen LogP contribution is 2.22. The molecule has 1 N–H and O–H groups in total. The van der Waals surface area contributed by atoms with Gasteiger partial charge in [0.05, 0.1) is 11.0 Å². The van der Waals surface area contributed by atoms with Gasteiger partial charge in [-0.2, -0.15) is 0 Å². The molecule has 1 atom stereocenters. The van der Waals surface area contributed by atoms with E-state index in [0.29, 0.717) is 11.9 Å². The van der Waals surface area contributed by atoms with Crippen molar-refractivity contribution in [3.8, 4) is 0 Å². The Balaban J connectivity index is 2.20. The van der Waals surface area contributed by atoms with Crippen LogP contribution in [0.15, 0.2) is 29.1 Å². The van der Waals surface area contributed by atoms with E-state index in [1.165, 1.54) is 9.13 Å². The van der Waals surface area contributed by atoms with Crippen molar-refractivity contribution in [3.05, 3.63) is 34.7 Å². The first-order valence-electron chi connectivity index (χ1n) is 6.09. The zero-order valence-electron chi connectivity index (χ0n) is 10.4. The molecule has 1 fully saturated rings. The molecule has 6 heteroatoms. The summed E-state index contributed by atoms with van der Waals surface area (Å²) in [4.78, 5) is 35.4. The van der Waals surface area contributed by atoms with Crippen molar-refractivity contribution in [1.29, 1.82) is 0 Å². The summed E-state index contributed by atoms with van der Waals surface area (Å²) in [5, 5.41) is 2.28. The summed E-state index contributed by atoms with van der Waals surface area (Å²) in [5.74, 6) is -0.691. The lowest BCUT2D eigenvalue weighted by Crippen LogP contribution is -2.44. The van der Waals surface area contributed by atoms with Crippen LogP contribution in [0.5, 0.6) is 0 Å². The molecule has 0 spiro atoms. The number of hydrogen-bond donors (Lipinski definition) is 1. The van der Waals surface area contributed by atoms with Crippen LogP contribution in [0.2, 0.25) is 0 Å². The molecule has 2 amide bonds. The predicted octanol–water partition coefficient (Wildman–Crippen LogP) is 0.318. The van der Waals surface area contributed by atoms with Crippen LogP contribution in [-0.2, 0) is 16.6 Å². The van der Waals surface area contributed by atoms with Gasteiger partial charge >= 0.3 is 5.69 Å². The number of benzene rings is 1. The third kappa shape index (κ3) is 1.68. The molecule has 6 nitrogen and oxygen atoms in total. The quantitative estimate of drug-likeness (QED) is 0.749. The second-order valence-electron chi connectivity index (χ2n) is 4.67. The molecule has 2 aromatic rings. The minimum Gasteiger partial charge on any atom is -0.295 e. The Morgan fingerprint density at radius 1 is 1.16 bits per heavy atom. The smallest absolute Gasteiger partial charge is 0.295 e. The molecular formula is C13H13N3O3. The number of nitrogens with one attached hydrogen (secondary N) is 1. The van der Waals surface area contributed by atoms with Gasteiger partial charge in [0, 0.05) is 13.5 Å². The van der Waals surface area contributed by atoms with Crippen molar-refractivity contribution < 1.29 is 9.59 Å². The number of aryl methyl sites for hydroxylation is 1. The molecule has 1 aromatic carbocycles. The first-order chi connectivity index (χ1) is 9.09. The van der Waals surface area contributed by atoms with Crippen molar-refractivity contribution in [3.63, 3.8) is 0 Å². The van der Waals surface area contributed by atoms with E-state index in [4.69, 9.17) is 0 Å². The van der Waals surface area contributed by atoms with Gasteiger partial charge in [0.15, 0.2) is 0 Å². The number of amides is 2. The Kier molecular flexibility index (Phi) is 2.51. The fourth-order valence-electron chi connectivity index (χ4n) is 2.55. The van der Waals surface area contributed by atoms with Gasteiger partial charge < -0.3 is 0 Å². The third-order valence-corrected chi connectivity index (χ3v) is 3.52. The number of para-hydroxylation sites is 2. The topological polar surface area (TPSA) is 73.1 Å². The van der Waals surface area contributed by atoms with Crippen molar-refractivity contribution in [2.75, 3.05) is 0 Å². The number of carbonyl (C=O) groups excluding carboxylic acids is 2. The molecule has 2 heterocycles. The second-order valence-corrected chi connectivity index (χ2v) is 4.67. The van der Waals surface area contributed by atoms with Crippen LogP contribution in [0.1, 0.15) is 18.9 Å². The average molecular weight is 259 g/mol. The van der Waals surface area contributed by atoms with Crippen LogP contribution in [-0.4, -0.2) is 20.9 Å². The van der Waals surface area contributed by atoms with Gasteiger partial charge in [-0.3, -0.25) is 24.0 Å². The minimum absolute atomic E-state index is 0.240. The van der Waals surface area contributed by atoms with Gasteiger partial charge in [-0.05, 0) is 18.6 Å². The molecule has 1 saturated heterocycles. The Bertz CT molecular complexity index is 741. The summed E-state index contributed by atoms with van der Waals surface area (Å²) in [6.07, 6.45) is 0.616. The zero-order valence-corrected chi connectivity index (χ0v) is 10.4. The Morgan fingerprint density at radius 3 is 2.53 bits per heavy atom. The number of piperidine rings is 1. The lowest BCUT2D eigenvalue weighted by molar-refractivity contribution is -0.135. The lowest BCUT2D eigenvalue weighted by atomic mass is 10.1. The van der Waals surface area contributed by atoms with E-state index in [1.54, 1.807) is 13.1 Å². The van der Waals surface area contributed by atoms with Crippen LogP contribution in [0, 0.1) is 0 Å². The fourth-order valence-corrected chi connectivity index (χ4v) is 2.55. The van der Waals surface area contributed by atoms with Crippen LogP contribution >= 0.6 is 0 Å². The fraction of sp³-hybridized carbons (Fsp3) is 0.308. The second kappa shape index (κ2) is 4.08. The molecule has 1 aromatic heterocycles. The van der Waals surface area contributed by atoms with Crippen molar-refractivity contribution in [2.45, 2.75) is 18.9 Å². The van der Waals surface area contributed by atoms with Crippen molar-refractivity contribution in [1.82, 2.24) is 14.5 Å². The number of hydrogen-bond acceptors (Lipinski definition) is 3. The lowest BCUT2D eigenvalue weighted by Gasteiger charge is -2.21. The van der Waals surface area contributed by atoms with Crippen molar-refractivity contribution >= 4 is 22.8 Å². The molecule has 1 aliphatic heterocycles. The summed E-state index contributed by atoms with van der Waals surface area (Å²) < 4.78 is 2.98. The van der Waals surface area contributed by atoms with Gasteiger partial charge in [-0.25, -0.2) is 4.79 Å². The average Bonchev–Trinajstić information content (AvgIpc) is 2.64. The number of aromatic nitrogens is 2. The molecule has 0 bridgehead atoms. The molecule has 0 unspecified atom stereocenters. The van der Waals surface area contributed by atoms with Crippen LogP contribution in [0.4, 0.5) is 0 Å². The molecule has 19 heavy (non-hydrogen) atoms. The van der Waals surface area contributed by atoms with E-state index in [-0.39, 0.29) is 18.0 Å². The molecule has 3 rings (SSSR count). The maximum atomic E-state index is 12.3. The number of fused-ring (bicyclic) bond motifs is 1. The van der Waals surface area contributed by atoms with Crippen LogP contribution in [0.25, 0.3) is 11.0 Å². The normalized spacial score (nSPS) is 19.7. The van der Waals surface area contributed by atoms with Gasteiger partial charge in [0.1, 0.15) is 6.04 Å². The van der Waals surface area contributed by atoms with Crippen LogP contribution < -0.4 is 11.0 Å². The first-order valence-corrected chi connectivity index (χ1v) is 6.09. The van der Waals surface area contributed by atoms with E-state index in [0.717, 1.165) is 5.52 Å². The van der Waals surface area contributed by atoms with Gasteiger partial charge in [0.25, 0.3) is 0 Å². The third-order valence-electron chi connectivity index (χ3n) is 3.52. The summed E-state index contributed by atoms with van der Waals surface area (Å²) in [6.45, 7) is 0. The van der Waals surface area contributed by atoms with Crippen LogP contribution in [0.3, 0.4) is 0 Å². The highest BCUT2D eigenvalue weighted by molar-refractivity contribution is 6.00. The Morgan fingerprint density at radius 2 is 1.84 bits per heavy atom. The monoisotopic (exact) mass is 259 g/mol. The number of imidazole rings is 1. The molecule has 98 valence electrons. The molecule has 0 aliphatic carbocycles. The van der Waals surface area contributed by atoms with E-state index in [2.05, 4.69) is 5.32 Å². The highest BCUT2D eigenvalue weighted by Gasteiger charge is 2.30. The van der Waals surface area contributed by atoms with Gasteiger partial charge in [0.2, 0.25) is 11.8 Å². The van der Waals surface area contributed by atoms with E-state index < -0.39 is 11.9 Å². The Hall–Kier alpha value is -2.37. The van der Waals surface area contributed by atoms with Gasteiger partial charge in [-0.1, -0.05) is 12.1 Å². The molecule has 0 saturated carbocycles. The minimum atomic E-state index is -0.615. The van der Waals surface area contributed by atoms with E-state index in [1.807, 2.05) is 18.2 Å². The highest BCUT2D eigenvalue weighted by atomic mass is 16.2. The number of imide groups is 1. The number of carbonyl (C=O) groups is 2. The standard InChI is InChI=1S/C13H13N3O3/c1-15-8-4-2-3-5-9(8)16(13(15)19)10-6-7-11(17)14-12(10)18/h2-5,10H,6-7H2,1H3,(H,14,17,18)/t10-/m0/s1. The van der Waals surface area contributed by atoms with E-state index in [9.17, 15) is 14.4 Å². The zero-order chi connectivity index (χ0) is 13.6. The van der Waals surface area contributed by atoms with Crippen molar-refractivity contribution in [2.24, 2.45) is 7.05 Å². The summed E-state index contributed by atoms with van der Waals surface area (Å²) >= 11 is 0. The largest absolute Gasteiger partial charge is 0.329 e. The summed E-state index contributed by atoms with van der Waals surface area (Å²) in [6, 6.07) is 6.69. The summed E-state index contributed by atoms with van der Waals surface area (Å²) in [5.41, 5.74) is 1.25. The maximum absolute atomic E-state index is 12.3.